The molecule has 0 saturated heterocycles. The number of carbonyl (C=O) groups is 1. The van der Waals surface area contributed by atoms with E-state index in [2.05, 4.69) is 42.8 Å². The summed E-state index contributed by atoms with van der Waals surface area (Å²) in [7, 11) is 0. The summed E-state index contributed by atoms with van der Waals surface area (Å²) in [4.78, 5) is 14.6. The fraction of sp³-hybridized carbons (Fsp3) is 0.421. The number of halogens is 1. The molecule has 1 aromatic carbocycles. The average Bonchev–Trinajstić information content (AvgIpc) is 2.91. The van der Waals surface area contributed by atoms with Gasteiger partial charge < -0.3 is 14.8 Å². The van der Waals surface area contributed by atoms with E-state index in [1.807, 2.05) is 4.90 Å². The topological polar surface area (TPSA) is 37.3 Å². The monoisotopic (exact) mass is 329 g/mol. The van der Waals surface area contributed by atoms with E-state index >= 15 is 0 Å². The van der Waals surface area contributed by atoms with Gasteiger partial charge in [-0.25, -0.2) is 9.18 Å². The maximum absolute atomic E-state index is 13.7. The summed E-state index contributed by atoms with van der Waals surface area (Å²) in [6, 6.07) is 8.82. The molecule has 128 valence electrons. The van der Waals surface area contributed by atoms with Crippen molar-refractivity contribution in [1.29, 1.82) is 0 Å². The first-order chi connectivity index (χ1) is 11.4. The van der Waals surface area contributed by atoms with Crippen LogP contribution in [-0.4, -0.2) is 22.0 Å². The molecule has 1 N–H and O–H groups in total. The minimum absolute atomic E-state index is 0.0164. The molecule has 2 aromatic rings. The molecule has 1 atom stereocenters. The van der Waals surface area contributed by atoms with Crippen LogP contribution < -0.4 is 5.32 Å². The summed E-state index contributed by atoms with van der Waals surface area (Å²) < 4.78 is 16.0. The highest BCUT2D eigenvalue weighted by Crippen LogP contribution is 2.34. The Morgan fingerprint density at radius 2 is 1.96 bits per heavy atom. The van der Waals surface area contributed by atoms with Gasteiger partial charge in [0.05, 0.1) is 6.04 Å². The lowest BCUT2D eigenvalue weighted by atomic mass is 9.97. The van der Waals surface area contributed by atoms with Gasteiger partial charge in [-0.3, -0.25) is 0 Å². The summed E-state index contributed by atoms with van der Waals surface area (Å²) in [5, 5.41) is 2.84. The number of urea groups is 1. The molecule has 0 radical (unpaired) electrons. The predicted molar refractivity (Wildman–Crippen MR) is 93.6 cm³/mol. The smallest absolute Gasteiger partial charge is 0.322 e. The van der Waals surface area contributed by atoms with E-state index in [-0.39, 0.29) is 17.9 Å². The largest absolute Gasteiger partial charge is 0.345 e. The molecule has 5 heteroatoms. The van der Waals surface area contributed by atoms with Crippen LogP contribution in [0, 0.1) is 25.6 Å². The highest BCUT2D eigenvalue weighted by molar-refractivity contribution is 5.89. The quantitative estimate of drug-likeness (QED) is 0.866. The van der Waals surface area contributed by atoms with Crippen molar-refractivity contribution < 1.29 is 9.18 Å². The number of anilines is 1. The number of rotatable bonds is 2. The molecule has 2 amide bonds. The Hall–Kier alpha value is -2.30. The number of nitrogens with zero attached hydrogens (tertiary/aromatic N) is 2. The van der Waals surface area contributed by atoms with E-state index in [0.29, 0.717) is 23.7 Å². The van der Waals surface area contributed by atoms with Crippen LogP contribution >= 0.6 is 0 Å². The molecule has 0 fully saturated rings. The van der Waals surface area contributed by atoms with Gasteiger partial charge in [0, 0.05) is 30.2 Å². The predicted octanol–water partition coefficient (Wildman–Crippen LogP) is 4.49. The molecule has 0 aliphatic carbocycles. The van der Waals surface area contributed by atoms with Gasteiger partial charge >= 0.3 is 6.03 Å². The molecular formula is C19H24FN3O. The van der Waals surface area contributed by atoms with Crippen LogP contribution in [0.2, 0.25) is 0 Å². The SMILES string of the molecule is Cc1ccc(NC(=O)N2CCn3c(C)ccc3C2C(C)C)cc1F. The van der Waals surface area contributed by atoms with Crippen LogP contribution in [-0.2, 0) is 6.54 Å². The van der Waals surface area contributed by atoms with Crippen molar-refractivity contribution in [2.24, 2.45) is 5.92 Å². The van der Waals surface area contributed by atoms with E-state index in [0.717, 1.165) is 6.54 Å². The summed E-state index contributed by atoms with van der Waals surface area (Å²) in [5.41, 5.74) is 3.44. The van der Waals surface area contributed by atoms with Gasteiger partial charge in [0.1, 0.15) is 5.82 Å². The number of hydrogen-bond acceptors (Lipinski definition) is 1. The number of benzene rings is 1. The Bertz CT molecular complexity index is 766. The van der Waals surface area contributed by atoms with Crippen molar-refractivity contribution in [1.82, 2.24) is 9.47 Å². The second kappa shape index (κ2) is 6.30. The van der Waals surface area contributed by atoms with Crippen LogP contribution in [0.4, 0.5) is 14.9 Å². The highest BCUT2D eigenvalue weighted by atomic mass is 19.1. The standard InChI is InChI=1S/C19H24FN3O/c1-12(2)18-17-8-6-14(4)22(17)9-10-23(18)19(24)21-15-7-5-13(3)16(20)11-15/h5-8,11-12,18H,9-10H2,1-4H3,(H,21,24). The van der Waals surface area contributed by atoms with Crippen molar-refractivity contribution in [3.63, 3.8) is 0 Å². The Balaban J connectivity index is 1.84. The minimum atomic E-state index is -0.309. The number of aryl methyl sites for hydroxylation is 2. The Labute approximate surface area is 142 Å². The second-order valence-electron chi connectivity index (χ2n) is 6.83. The molecular weight excluding hydrogens is 305 g/mol. The van der Waals surface area contributed by atoms with Crippen molar-refractivity contribution in [2.45, 2.75) is 40.3 Å². The lowest BCUT2D eigenvalue weighted by molar-refractivity contribution is 0.143. The van der Waals surface area contributed by atoms with Gasteiger partial charge in [-0.2, -0.15) is 0 Å². The van der Waals surface area contributed by atoms with E-state index < -0.39 is 0 Å². The van der Waals surface area contributed by atoms with E-state index in [1.165, 1.54) is 17.5 Å². The van der Waals surface area contributed by atoms with Crippen LogP contribution in [0.3, 0.4) is 0 Å². The molecule has 4 nitrogen and oxygen atoms in total. The summed E-state index contributed by atoms with van der Waals surface area (Å²) >= 11 is 0. The molecule has 2 heterocycles. The second-order valence-corrected chi connectivity index (χ2v) is 6.83. The molecule has 3 rings (SSSR count). The number of aromatic nitrogens is 1. The van der Waals surface area contributed by atoms with Gasteiger partial charge in [0.25, 0.3) is 0 Å². The zero-order valence-electron chi connectivity index (χ0n) is 14.6. The van der Waals surface area contributed by atoms with Crippen LogP contribution in [0.1, 0.15) is 36.8 Å². The maximum Gasteiger partial charge on any atom is 0.322 e. The summed E-state index contributed by atoms with van der Waals surface area (Å²) in [6.07, 6.45) is 0. The number of amides is 2. The highest BCUT2D eigenvalue weighted by Gasteiger charge is 2.33. The first-order valence-electron chi connectivity index (χ1n) is 8.38. The third-order valence-corrected chi connectivity index (χ3v) is 4.75. The van der Waals surface area contributed by atoms with Crippen LogP contribution in [0.5, 0.6) is 0 Å². The molecule has 0 bridgehead atoms. The van der Waals surface area contributed by atoms with Gasteiger partial charge in [-0.1, -0.05) is 19.9 Å². The summed E-state index contributed by atoms with van der Waals surface area (Å²) in [6.45, 7) is 9.46. The van der Waals surface area contributed by atoms with Crippen LogP contribution in [0.15, 0.2) is 30.3 Å². The van der Waals surface area contributed by atoms with E-state index in [1.54, 1.807) is 19.1 Å². The van der Waals surface area contributed by atoms with Crippen molar-refractivity contribution >= 4 is 11.7 Å². The number of hydrogen-bond donors (Lipinski definition) is 1. The Morgan fingerprint density at radius 1 is 1.21 bits per heavy atom. The first kappa shape index (κ1) is 16.6. The molecule has 24 heavy (non-hydrogen) atoms. The minimum Gasteiger partial charge on any atom is -0.345 e. The third kappa shape index (κ3) is 2.90. The zero-order valence-corrected chi connectivity index (χ0v) is 14.6. The van der Waals surface area contributed by atoms with Crippen LogP contribution in [0.25, 0.3) is 0 Å². The molecule has 1 aliphatic rings. The van der Waals surface area contributed by atoms with E-state index in [4.69, 9.17) is 0 Å². The Kier molecular flexibility index (Phi) is 4.35. The van der Waals surface area contributed by atoms with Gasteiger partial charge in [-0.05, 0) is 49.6 Å². The molecule has 1 aliphatic heterocycles. The van der Waals surface area contributed by atoms with Gasteiger partial charge in [0.15, 0.2) is 0 Å². The third-order valence-electron chi connectivity index (χ3n) is 4.75. The van der Waals surface area contributed by atoms with Gasteiger partial charge in [-0.15, -0.1) is 0 Å². The van der Waals surface area contributed by atoms with Crippen molar-refractivity contribution in [2.75, 3.05) is 11.9 Å². The molecule has 0 saturated carbocycles. The van der Waals surface area contributed by atoms with Crippen molar-refractivity contribution in [3.8, 4) is 0 Å². The number of nitrogens with one attached hydrogen (secondary N) is 1. The summed E-state index contributed by atoms with van der Waals surface area (Å²) in [5.74, 6) is -0.0183. The lowest BCUT2D eigenvalue weighted by Crippen LogP contribution is -2.46. The number of carbonyl (C=O) groups excluding carboxylic acids is 1. The molecule has 0 spiro atoms. The lowest BCUT2D eigenvalue weighted by Gasteiger charge is -2.39. The fourth-order valence-electron chi connectivity index (χ4n) is 3.45. The van der Waals surface area contributed by atoms with E-state index in [9.17, 15) is 9.18 Å². The Morgan fingerprint density at radius 3 is 2.62 bits per heavy atom. The maximum atomic E-state index is 13.7. The zero-order chi connectivity index (χ0) is 17.4. The fourth-order valence-corrected chi connectivity index (χ4v) is 3.45. The number of fused-ring (bicyclic) bond motifs is 1. The average molecular weight is 329 g/mol. The molecule has 1 unspecified atom stereocenters. The normalized spacial score (nSPS) is 17.1. The first-order valence-corrected chi connectivity index (χ1v) is 8.38. The molecule has 1 aromatic heterocycles. The van der Waals surface area contributed by atoms with Gasteiger partial charge in [0.2, 0.25) is 0 Å². The van der Waals surface area contributed by atoms with Crippen molar-refractivity contribution in [3.05, 3.63) is 53.1 Å².